The fourth-order valence-corrected chi connectivity index (χ4v) is 2.92. The van der Waals surface area contributed by atoms with E-state index in [2.05, 4.69) is 35.3 Å². The van der Waals surface area contributed by atoms with Crippen LogP contribution < -0.4 is 0 Å². The molecule has 0 saturated heterocycles. The quantitative estimate of drug-likeness (QED) is 0.690. The van der Waals surface area contributed by atoms with Gasteiger partial charge in [0.15, 0.2) is 0 Å². The molecule has 2 N–H and O–H groups in total. The number of rotatable bonds is 4. The van der Waals surface area contributed by atoms with Gasteiger partial charge in [0.05, 0.1) is 0 Å². The van der Waals surface area contributed by atoms with Gasteiger partial charge in [-0.25, -0.2) is 0 Å². The van der Waals surface area contributed by atoms with Crippen LogP contribution in [0.4, 0.5) is 0 Å². The fraction of sp³-hybridized carbons (Fsp3) is 0.105. The minimum absolute atomic E-state index is 0.0853. The Bertz CT molecular complexity index is 810. The molecule has 0 aliphatic rings. The zero-order valence-electron chi connectivity index (χ0n) is 12.1. The van der Waals surface area contributed by atoms with Gasteiger partial charge in [0, 0.05) is 12.3 Å². The molecule has 0 fully saturated rings. The number of aliphatic hydroxyl groups excluding tert-OH is 1. The molecule has 2 aromatic carbocycles. The molecule has 3 heteroatoms. The highest BCUT2D eigenvalue weighted by molar-refractivity contribution is 7.71. The van der Waals surface area contributed by atoms with E-state index in [1.165, 1.54) is 0 Å². The number of aromatic amines is 1. The molecule has 0 amide bonds. The van der Waals surface area contributed by atoms with Crippen molar-refractivity contribution in [1.29, 1.82) is 0 Å². The normalized spacial score (nSPS) is 10.6. The second kappa shape index (κ2) is 6.69. The van der Waals surface area contributed by atoms with Gasteiger partial charge in [-0.2, -0.15) is 0 Å². The second-order valence-electron chi connectivity index (χ2n) is 5.11. The van der Waals surface area contributed by atoms with Crippen molar-refractivity contribution in [3.63, 3.8) is 0 Å². The zero-order chi connectivity index (χ0) is 15.4. The highest BCUT2D eigenvalue weighted by atomic mass is 32.1. The molecule has 0 saturated carbocycles. The number of benzene rings is 2. The minimum Gasteiger partial charge on any atom is -0.396 e. The summed E-state index contributed by atoms with van der Waals surface area (Å²) in [7, 11) is 0. The minimum atomic E-state index is 0.0853. The Labute approximate surface area is 135 Å². The van der Waals surface area contributed by atoms with Gasteiger partial charge in [0.2, 0.25) is 0 Å². The highest BCUT2D eigenvalue weighted by Gasteiger charge is 2.10. The van der Waals surface area contributed by atoms with Crippen molar-refractivity contribution < 1.29 is 5.11 Å². The summed E-state index contributed by atoms with van der Waals surface area (Å²) in [5.41, 5.74) is 5.27. The standard InChI is InChI=1S/C19H17NOS/c21-12-11-16-17(14-7-3-1-4-8-14)13-18(20-19(16)22)15-9-5-2-6-10-15/h1-10,13,21H,11-12H2,(H,20,22). The van der Waals surface area contributed by atoms with Crippen molar-refractivity contribution in [2.45, 2.75) is 6.42 Å². The second-order valence-corrected chi connectivity index (χ2v) is 5.52. The molecule has 0 unspecified atom stereocenters. The van der Waals surface area contributed by atoms with Gasteiger partial charge < -0.3 is 10.1 Å². The average molecular weight is 307 g/mol. The van der Waals surface area contributed by atoms with E-state index < -0.39 is 0 Å². The Morgan fingerprint density at radius 2 is 1.45 bits per heavy atom. The predicted molar refractivity (Wildman–Crippen MR) is 93.3 cm³/mol. The predicted octanol–water partition coefficient (Wildman–Crippen LogP) is 4.61. The van der Waals surface area contributed by atoms with Crippen molar-refractivity contribution in [1.82, 2.24) is 4.98 Å². The number of nitrogens with one attached hydrogen (secondary N) is 1. The topological polar surface area (TPSA) is 36.0 Å². The van der Waals surface area contributed by atoms with E-state index in [4.69, 9.17) is 12.2 Å². The number of pyridine rings is 1. The number of aromatic nitrogens is 1. The summed E-state index contributed by atoms with van der Waals surface area (Å²) in [6, 6.07) is 22.4. The molecule has 0 aliphatic carbocycles. The van der Waals surface area contributed by atoms with Crippen molar-refractivity contribution in [2.75, 3.05) is 6.61 Å². The first-order chi connectivity index (χ1) is 10.8. The summed E-state index contributed by atoms with van der Waals surface area (Å²) in [6.07, 6.45) is 0.550. The Morgan fingerprint density at radius 1 is 0.864 bits per heavy atom. The first kappa shape index (κ1) is 14.7. The molecule has 0 aliphatic heterocycles. The summed E-state index contributed by atoms with van der Waals surface area (Å²) in [6.45, 7) is 0.0853. The van der Waals surface area contributed by atoms with Crippen molar-refractivity contribution in [2.24, 2.45) is 0 Å². The fourth-order valence-electron chi connectivity index (χ4n) is 2.60. The van der Waals surface area contributed by atoms with Crippen LogP contribution in [0.2, 0.25) is 0 Å². The monoisotopic (exact) mass is 307 g/mol. The van der Waals surface area contributed by atoms with E-state index in [1.807, 2.05) is 36.4 Å². The molecular weight excluding hydrogens is 290 g/mol. The molecule has 0 bridgehead atoms. The van der Waals surface area contributed by atoms with Crippen LogP contribution in [0, 0.1) is 4.64 Å². The first-order valence-corrected chi connectivity index (χ1v) is 7.68. The third-order valence-corrected chi connectivity index (χ3v) is 4.02. The average Bonchev–Trinajstić information content (AvgIpc) is 2.58. The molecule has 0 radical (unpaired) electrons. The lowest BCUT2D eigenvalue weighted by Gasteiger charge is -2.12. The maximum absolute atomic E-state index is 9.34. The Hall–Kier alpha value is -2.23. The van der Waals surface area contributed by atoms with Crippen LogP contribution in [-0.2, 0) is 6.42 Å². The van der Waals surface area contributed by atoms with E-state index in [1.54, 1.807) is 0 Å². The van der Waals surface area contributed by atoms with Crippen LogP contribution in [0.1, 0.15) is 5.56 Å². The highest BCUT2D eigenvalue weighted by Crippen LogP contribution is 2.29. The molecule has 1 heterocycles. The Balaban J connectivity index is 2.21. The van der Waals surface area contributed by atoms with Gasteiger partial charge in [-0.15, -0.1) is 0 Å². The van der Waals surface area contributed by atoms with Crippen LogP contribution in [0.5, 0.6) is 0 Å². The number of aliphatic hydroxyl groups is 1. The van der Waals surface area contributed by atoms with Gasteiger partial charge in [0.1, 0.15) is 4.64 Å². The molecule has 1 aromatic heterocycles. The smallest absolute Gasteiger partial charge is 0.107 e. The zero-order valence-corrected chi connectivity index (χ0v) is 12.9. The third-order valence-electron chi connectivity index (χ3n) is 3.67. The lowest BCUT2D eigenvalue weighted by Crippen LogP contribution is -1.99. The summed E-state index contributed by atoms with van der Waals surface area (Å²) >= 11 is 5.53. The number of hydrogen-bond acceptors (Lipinski definition) is 2. The third kappa shape index (κ3) is 3.01. The van der Waals surface area contributed by atoms with E-state index in [9.17, 15) is 5.11 Å². The largest absolute Gasteiger partial charge is 0.396 e. The molecule has 0 atom stereocenters. The van der Waals surface area contributed by atoms with Crippen LogP contribution in [0.3, 0.4) is 0 Å². The van der Waals surface area contributed by atoms with Gasteiger partial charge >= 0.3 is 0 Å². The molecular formula is C19H17NOS. The van der Waals surface area contributed by atoms with Crippen molar-refractivity contribution >= 4 is 12.2 Å². The molecule has 3 rings (SSSR count). The van der Waals surface area contributed by atoms with Gasteiger partial charge in [0.25, 0.3) is 0 Å². The number of H-pyrrole nitrogens is 1. The van der Waals surface area contributed by atoms with Crippen LogP contribution in [0.15, 0.2) is 66.7 Å². The molecule has 22 heavy (non-hydrogen) atoms. The van der Waals surface area contributed by atoms with Crippen molar-refractivity contribution in [3.8, 4) is 22.4 Å². The Morgan fingerprint density at radius 3 is 2.05 bits per heavy atom. The number of hydrogen-bond donors (Lipinski definition) is 2. The van der Waals surface area contributed by atoms with E-state index >= 15 is 0 Å². The summed E-state index contributed by atoms with van der Waals surface area (Å²) in [5, 5.41) is 9.34. The lowest BCUT2D eigenvalue weighted by molar-refractivity contribution is 0.299. The summed E-state index contributed by atoms with van der Waals surface area (Å²) in [4.78, 5) is 3.29. The van der Waals surface area contributed by atoms with Crippen molar-refractivity contribution in [3.05, 3.63) is 76.9 Å². The van der Waals surface area contributed by atoms with E-state index in [-0.39, 0.29) is 6.61 Å². The lowest BCUT2D eigenvalue weighted by atomic mass is 9.97. The summed E-state index contributed by atoms with van der Waals surface area (Å²) in [5.74, 6) is 0. The maximum atomic E-state index is 9.34. The van der Waals surface area contributed by atoms with E-state index in [0.29, 0.717) is 11.1 Å². The molecule has 110 valence electrons. The maximum Gasteiger partial charge on any atom is 0.107 e. The van der Waals surface area contributed by atoms with Crippen LogP contribution in [-0.4, -0.2) is 16.7 Å². The first-order valence-electron chi connectivity index (χ1n) is 7.27. The van der Waals surface area contributed by atoms with Gasteiger partial charge in [-0.05, 0) is 34.7 Å². The van der Waals surface area contributed by atoms with E-state index in [0.717, 1.165) is 27.9 Å². The SMILES string of the molecule is OCCc1c(-c2ccccc2)cc(-c2ccccc2)[nH]c1=S. The molecule has 2 nitrogen and oxygen atoms in total. The van der Waals surface area contributed by atoms with Crippen LogP contribution >= 0.6 is 12.2 Å². The van der Waals surface area contributed by atoms with Gasteiger partial charge in [-0.1, -0.05) is 72.9 Å². The molecule has 3 aromatic rings. The molecule has 0 spiro atoms. The van der Waals surface area contributed by atoms with Crippen LogP contribution in [0.25, 0.3) is 22.4 Å². The van der Waals surface area contributed by atoms with Gasteiger partial charge in [-0.3, -0.25) is 0 Å². The summed E-state index contributed by atoms with van der Waals surface area (Å²) < 4.78 is 0.689. The Kier molecular flexibility index (Phi) is 4.47.